The molecular formula is C10H14N4O3S2. The third-order valence-electron chi connectivity index (χ3n) is 2.61. The Balaban J connectivity index is 1.83. The van der Waals surface area contributed by atoms with E-state index in [4.69, 9.17) is 4.74 Å². The van der Waals surface area contributed by atoms with Gasteiger partial charge in [0.1, 0.15) is 11.6 Å². The van der Waals surface area contributed by atoms with Crippen LogP contribution in [0.25, 0.3) is 0 Å². The molecule has 1 fully saturated rings. The van der Waals surface area contributed by atoms with Gasteiger partial charge in [0.25, 0.3) is 0 Å². The van der Waals surface area contributed by atoms with Crippen molar-refractivity contribution in [3.8, 4) is 0 Å². The van der Waals surface area contributed by atoms with E-state index < -0.39 is 0 Å². The van der Waals surface area contributed by atoms with Crippen molar-refractivity contribution in [1.82, 2.24) is 20.1 Å². The lowest BCUT2D eigenvalue weighted by Crippen LogP contribution is -2.45. The zero-order valence-electron chi connectivity index (χ0n) is 10.4. The van der Waals surface area contributed by atoms with Gasteiger partial charge in [-0.2, -0.15) is 5.10 Å². The van der Waals surface area contributed by atoms with Crippen molar-refractivity contribution in [2.24, 2.45) is 0 Å². The minimum atomic E-state index is -0.280. The van der Waals surface area contributed by atoms with Crippen molar-refractivity contribution in [2.45, 2.75) is 10.4 Å². The average Bonchev–Trinajstić information content (AvgIpc) is 2.97. The largest absolute Gasteiger partial charge is 0.468 e. The van der Waals surface area contributed by atoms with Gasteiger partial charge in [0.05, 0.1) is 12.9 Å². The number of thioether (sulfide) groups is 2. The summed E-state index contributed by atoms with van der Waals surface area (Å²) in [5.41, 5.74) is 0. The molecule has 1 aromatic heterocycles. The Morgan fingerprint density at radius 1 is 1.68 bits per heavy atom. The highest BCUT2D eigenvalue weighted by atomic mass is 32.2. The van der Waals surface area contributed by atoms with Crippen LogP contribution < -0.4 is 0 Å². The van der Waals surface area contributed by atoms with Gasteiger partial charge < -0.3 is 9.64 Å². The first-order chi connectivity index (χ1) is 9.20. The SMILES string of the molecule is COC(=O)[C@@H]1CN(C(=O)CSc2ncn[nH]2)CCS1. The smallest absolute Gasteiger partial charge is 0.320 e. The lowest BCUT2D eigenvalue weighted by Gasteiger charge is -2.30. The molecule has 7 nitrogen and oxygen atoms in total. The molecule has 2 heterocycles. The van der Waals surface area contributed by atoms with Crippen molar-refractivity contribution < 1.29 is 14.3 Å². The maximum atomic E-state index is 12.0. The van der Waals surface area contributed by atoms with Gasteiger partial charge in [-0.25, -0.2) is 4.98 Å². The highest BCUT2D eigenvalue weighted by Gasteiger charge is 2.29. The van der Waals surface area contributed by atoms with E-state index in [2.05, 4.69) is 15.2 Å². The molecule has 104 valence electrons. The summed E-state index contributed by atoms with van der Waals surface area (Å²) in [5.74, 6) is 0.757. The van der Waals surface area contributed by atoms with Crippen LogP contribution in [0.2, 0.25) is 0 Å². The van der Waals surface area contributed by atoms with Crippen molar-refractivity contribution in [3.05, 3.63) is 6.33 Å². The molecule has 1 amide bonds. The van der Waals surface area contributed by atoms with Crippen LogP contribution in [0, 0.1) is 0 Å². The van der Waals surface area contributed by atoms with Crippen LogP contribution in [0.5, 0.6) is 0 Å². The fourth-order valence-corrected chi connectivity index (χ4v) is 3.44. The van der Waals surface area contributed by atoms with E-state index in [9.17, 15) is 9.59 Å². The number of hydrogen-bond acceptors (Lipinski definition) is 7. The maximum Gasteiger partial charge on any atom is 0.320 e. The van der Waals surface area contributed by atoms with Crippen LogP contribution >= 0.6 is 23.5 Å². The van der Waals surface area contributed by atoms with E-state index in [-0.39, 0.29) is 22.9 Å². The van der Waals surface area contributed by atoms with E-state index in [0.29, 0.717) is 18.2 Å². The number of carbonyl (C=O) groups excluding carboxylic acids is 2. The standard InChI is InChI=1S/C10H14N4O3S2/c1-17-9(16)7-4-14(2-3-18-7)8(15)5-19-10-11-6-12-13-10/h6-7H,2-5H2,1H3,(H,11,12,13)/t7-/m0/s1. The number of esters is 1. The third kappa shape index (κ3) is 3.87. The Morgan fingerprint density at radius 2 is 2.53 bits per heavy atom. The monoisotopic (exact) mass is 302 g/mol. The molecule has 0 radical (unpaired) electrons. The van der Waals surface area contributed by atoms with Gasteiger partial charge >= 0.3 is 5.97 Å². The van der Waals surface area contributed by atoms with Crippen molar-refractivity contribution in [3.63, 3.8) is 0 Å². The Bertz CT molecular complexity index is 440. The fourth-order valence-electron chi connectivity index (χ4n) is 1.64. The molecule has 0 unspecified atom stereocenters. The summed E-state index contributed by atoms with van der Waals surface area (Å²) in [6, 6.07) is 0. The molecule has 0 aliphatic carbocycles. The van der Waals surface area contributed by atoms with Gasteiger partial charge in [0.15, 0.2) is 5.16 Å². The van der Waals surface area contributed by atoms with E-state index in [1.165, 1.54) is 37.0 Å². The molecule has 2 rings (SSSR count). The topological polar surface area (TPSA) is 88.2 Å². The summed E-state index contributed by atoms with van der Waals surface area (Å²) in [4.78, 5) is 29.1. The van der Waals surface area contributed by atoms with Crippen LogP contribution in [0.15, 0.2) is 11.5 Å². The molecule has 0 aromatic carbocycles. The van der Waals surface area contributed by atoms with E-state index >= 15 is 0 Å². The first kappa shape index (κ1) is 14.2. The highest BCUT2D eigenvalue weighted by molar-refractivity contribution is 8.00. The van der Waals surface area contributed by atoms with Gasteiger partial charge in [-0.05, 0) is 0 Å². The Morgan fingerprint density at radius 3 is 3.21 bits per heavy atom. The van der Waals surface area contributed by atoms with Gasteiger partial charge in [0.2, 0.25) is 5.91 Å². The molecule has 1 aromatic rings. The number of methoxy groups -OCH3 is 1. The number of rotatable bonds is 4. The summed E-state index contributed by atoms with van der Waals surface area (Å²) in [6.45, 7) is 1.07. The maximum absolute atomic E-state index is 12.0. The molecule has 9 heteroatoms. The zero-order valence-corrected chi connectivity index (χ0v) is 12.0. The molecule has 19 heavy (non-hydrogen) atoms. The third-order valence-corrected chi connectivity index (χ3v) is 4.63. The number of ether oxygens (including phenoxy) is 1. The molecule has 1 N–H and O–H groups in total. The second-order valence-electron chi connectivity index (χ2n) is 3.80. The van der Waals surface area contributed by atoms with Crippen molar-refractivity contribution >= 4 is 35.4 Å². The summed E-state index contributed by atoms with van der Waals surface area (Å²) in [5, 5.41) is 6.73. The Kier molecular flexibility index (Phi) is 5.08. The molecule has 1 aliphatic heterocycles. The number of aromatic amines is 1. The molecule has 0 spiro atoms. The molecule has 1 aliphatic rings. The minimum Gasteiger partial charge on any atom is -0.468 e. The molecular weight excluding hydrogens is 288 g/mol. The number of amides is 1. The number of nitrogens with zero attached hydrogens (tertiary/aromatic N) is 3. The van der Waals surface area contributed by atoms with E-state index in [0.717, 1.165) is 5.75 Å². The fraction of sp³-hybridized carbons (Fsp3) is 0.600. The van der Waals surface area contributed by atoms with Crippen LogP contribution in [0.4, 0.5) is 0 Å². The predicted octanol–water partition coefficient (Wildman–Crippen LogP) is 0.0138. The molecule has 0 saturated carbocycles. The Hall–Kier alpha value is -1.22. The van der Waals surface area contributed by atoms with Crippen LogP contribution in [0.3, 0.4) is 0 Å². The van der Waals surface area contributed by atoms with Crippen LogP contribution in [-0.2, 0) is 14.3 Å². The van der Waals surface area contributed by atoms with Gasteiger partial charge in [-0.1, -0.05) is 11.8 Å². The quantitative estimate of drug-likeness (QED) is 0.619. The van der Waals surface area contributed by atoms with Crippen molar-refractivity contribution in [2.75, 3.05) is 31.7 Å². The van der Waals surface area contributed by atoms with Gasteiger partial charge in [-0.15, -0.1) is 11.8 Å². The highest BCUT2D eigenvalue weighted by Crippen LogP contribution is 2.21. The van der Waals surface area contributed by atoms with Crippen LogP contribution in [0.1, 0.15) is 0 Å². The number of nitrogens with one attached hydrogen (secondary N) is 1. The number of H-pyrrole nitrogens is 1. The summed E-state index contributed by atoms with van der Waals surface area (Å²) in [7, 11) is 1.36. The van der Waals surface area contributed by atoms with Gasteiger partial charge in [0, 0.05) is 18.8 Å². The van der Waals surface area contributed by atoms with Crippen molar-refractivity contribution in [1.29, 1.82) is 0 Å². The first-order valence-electron chi connectivity index (χ1n) is 5.66. The first-order valence-corrected chi connectivity index (χ1v) is 7.69. The second kappa shape index (κ2) is 6.80. The minimum absolute atomic E-state index is 0.00407. The van der Waals surface area contributed by atoms with Crippen LogP contribution in [-0.4, -0.2) is 68.9 Å². The second-order valence-corrected chi connectivity index (χ2v) is 6.08. The average molecular weight is 302 g/mol. The predicted molar refractivity (Wildman–Crippen MR) is 71.9 cm³/mol. The summed E-state index contributed by atoms with van der Waals surface area (Å²) < 4.78 is 4.71. The molecule has 1 saturated heterocycles. The number of carbonyl (C=O) groups is 2. The van der Waals surface area contributed by atoms with E-state index in [1.807, 2.05) is 0 Å². The van der Waals surface area contributed by atoms with E-state index in [1.54, 1.807) is 4.90 Å². The molecule has 0 bridgehead atoms. The summed E-state index contributed by atoms with van der Waals surface area (Å²) in [6.07, 6.45) is 1.40. The number of aromatic nitrogens is 3. The molecule has 1 atom stereocenters. The Labute approximate surface area is 118 Å². The number of hydrogen-bond donors (Lipinski definition) is 1. The zero-order chi connectivity index (χ0) is 13.7. The normalized spacial score (nSPS) is 19.2. The summed E-state index contributed by atoms with van der Waals surface area (Å²) >= 11 is 2.83. The van der Waals surface area contributed by atoms with Gasteiger partial charge in [-0.3, -0.25) is 14.7 Å². The lowest BCUT2D eigenvalue weighted by atomic mass is 10.3. The lowest BCUT2D eigenvalue weighted by molar-refractivity contribution is -0.141.